The molecule has 0 saturated heterocycles. The molecule has 1 aromatic carbocycles. The van der Waals surface area contributed by atoms with Gasteiger partial charge in [0.25, 0.3) is 21.8 Å². The van der Waals surface area contributed by atoms with Crippen molar-refractivity contribution in [3.63, 3.8) is 0 Å². The molecule has 3 aromatic rings. The van der Waals surface area contributed by atoms with E-state index in [0.29, 0.717) is 30.1 Å². The van der Waals surface area contributed by atoms with E-state index in [2.05, 4.69) is 20.9 Å². The summed E-state index contributed by atoms with van der Waals surface area (Å²) in [7, 11) is -2.39. The summed E-state index contributed by atoms with van der Waals surface area (Å²) in [4.78, 5) is 48.5. The van der Waals surface area contributed by atoms with Gasteiger partial charge in [-0.25, -0.2) is 23.8 Å². The fourth-order valence-electron chi connectivity index (χ4n) is 4.75. The zero-order chi connectivity index (χ0) is 37.7. The first kappa shape index (κ1) is 38.3. The third-order valence-electron chi connectivity index (χ3n) is 7.05. The molecule has 4 amide bonds. The minimum Gasteiger partial charge on any atom is -0.481 e. The normalized spacial score (nSPS) is 14.8. The van der Waals surface area contributed by atoms with Gasteiger partial charge in [0.1, 0.15) is 11.6 Å². The second kappa shape index (κ2) is 15.6. The van der Waals surface area contributed by atoms with Crippen LogP contribution in [0.1, 0.15) is 38.2 Å². The Morgan fingerprint density at radius 3 is 2.18 bits per heavy atom. The van der Waals surface area contributed by atoms with E-state index in [1.54, 1.807) is 6.92 Å². The van der Waals surface area contributed by atoms with E-state index < -0.39 is 62.5 Å². The summed E-state index contributed by atoms with van der Waals surface area (Å²) in [5, 5.41) is 0.628. The van der Waals surface area contributed by atoms with Gasteiger partial charge >= 0.3 is 12.2 Å². The van der Waals surface area contributed by atoms with Crippen LogP contribution in [-0.4, -0.2) is 61.5 Å². The highest BCUT2D eigenvalue weighted by Gasteiger charge is 2.41. The number of sulfonamides is 1. The number of nitrogens with one attached hydrogen (secondary N) is 2. The highest BCUT2D eigenvalue weighted by atomic mass is 35.5. The minimum atomic E-state index is -4.99. The van der Waals surface area contributed by atoms with Crippen LogP contribution in [0.25, 0.3) is 0 Å². The fraction of sp³-hybridized carbons (Fsp3) is 0.290. The van der Waals surface area contributed by atoms with E-state index in [-0.39, 0.29) is 28.2 Å². The monoisotopic (exact) mass is 754 g/mol. The smallest absolute Gasteiger partial charge is 0.419 e. The molecule has 1 aliphatic carbocycles. The quantitative estimate of drug-likeness (QED) is 0.179. The molecular weight excluding hydrogens is 728 g/mol. The summed E-state index contributed by atoms with van der Waals surface area (Å²) in [6.45, 7) is 1.63. The van der Waals surface area contributed by atoms with Crippen LogP contribution in [0.5, 0.6) is 17.5 Å². The Balaban J connectivity index is 0.000000230. The van der Waals surface area contributed by atoms with Gasteiger partial charge in [-0.05, 0) is 50.8 Å². The number of carbonyl (C=O) groups excluding carboxylic acids is 3. The van der Waals surface area contributed by atoms with Crippen LogP contribution in [-0.2, 0) is 25.8 Å². The van der Waals surface area contributed by atoms with E-state index in [1.165, 1.54) is 31.1 Å². The molecule has 2 N–H and O–H groups in total. The Morgan fingerprint density at radius 1 is 1.06 bits per heavy atom. The van der Waals surface area contributed by atoms with Gasteiger partial charge in [0.05, 0.1) is 36.6 Å². The number of imide groups is 1. The Hall–Kier alpha value is -5.48. The average molecular weight is 755 g/mol. The van der Waals surface area contributed by atoms with E-state index in [1.807, 2.05) is 5.32 Å². The second-order valence-corrected chi connectivity index (χ2v) is 12.5. The number of halogens is 5. The lowest BCUT2D eigenvalue weighted by atomic mass is 9.93. The van der Waals surface area contributed by atoms with Gasteiger partial charge in [0.2, 0.25) is 17.7 Å². The zero-order valence-corrected chi connectivity index (χ0v) is 28.4. The van der Waals surface area contributed by atoms with E-state index in [0.717, 1.165) is 36.1 Å². The molecule has 1 aliphatic heterocycles. The number of ether oxygens (including phenoxy) is 3. The molecule has 3 heterocycles. The average Bonchev–Trinajstić information content (AvgIpc) is 3.34. The summed E-state index contributed by atoms with van der Waals surface area (Å²) in [5.41, 5.74) is -0.715. The van der Waals surface area contributed by atoms with Crippen LogP contribution in [0.4, 0.5) is 34.0 Å². The SMILES string of the molecule is C#CC(C)Oc1cc(N2C(=O)C3=C(CCCC3)C2=O)c(F)cc1Cl.COc1cc(OC)nc(NC(=O)NS(=O)(=O)c2ncccc2C(F)(F)F)n1. The number of pyridine rings is 1. The van der Waals surface area contributed by atoms with Crippen molar-refractivity contribution in [1.82, 2.24) is 19.7 Å². The number of carbonyl (C=O) groups is 3. The van der Waals surface area contributed by atoms with Crippen LogP contribution in [0, 0.1) is 18.2 Å². The number of hydrogen-bond donors (Lipinski definition) is 2. The minimum absolute atomic E-state index is 0.0101. The predicted octanol–water partition coefficient (Wildman–Crippen LogP) is 5.04. The number of urea groups is 1. The van der Waals surface area contributed by atoms with Gasteiger partial charge < -0.3 is 14.2 Å². The molecule has 14 nitrogen and oxygen atoms in total. The molecule has 51 heavy (non-hydrogen) atoms. The van der Waals surface area contributed by atoms with Gasteiger partial charge in [0.15, 0.2) is 11.1 Å². The second-order valence-electron chi connectivity index (χ2n) is 10.5. The molecule has 2 aliphatic rings. The summed E-state index contributed by atoms with van der Waals surface area (Å²) in [5.74, 6) is 0.381. The standard InChI is InChI=1S/C18H15ClFNO3.C13H12F3N5O5S/c1-3-10(2)24-16-9-15(14(20)8-13(16)19)21-17(22)11-6-4-5-7-12(11)18(21)23;1-25-8-6-9(26-2)19-11(18-8)20-12(22)21-27(23,24)10-7(13(14,15)16)4-3-5-17-10/h1,8-10H,4-7H2,2H3;3-6H,1-2H3,(H2,18,19,20,21,22). The number of anilines is 2. The Kier molecular flexibility index (Phi) is 11.7. The van der Waals surface area contributed by atoms with Crippen LogP contribution >= 0.6 is 11.6 Å². The topological polar surface area (TPSA) is 179 Å². The molecular formula is C31H27ClF4N6O8S. The molecule has 2 aromatic heterocycles. The van der Waals surface area contributed by atoms with E-state index >= 15 is 0 Å². The van der Waals surface area contributed by atoms with Crippen molar-refractivity contribution in [2.45, 2.75) is 49.9 Å². The molecule has 0 bridgehead atoms. The van der Waals surface area contributed by atoms with E-state index in [9.17, 15) is 40.4 Å². The van der Waals surface area contributed by atoms with Gasteiger partial charge in [-0.3, -0.25) is 14.9 Å². The Bertz CT molecular complexity index is 2010. The fourth-order valence-corrected chi connectivity index (χ4v) is 6.01. The Morgan fingerprint density at radius 2 is 1.65 bits per heavy atom. The van der Waals surface area contributed by atoms with Gasteiger partial charge in [0, 0.05) is 23.4 Å². The van der Waals surface area contributed by atoms with Crippen LogP contribution in [0.2, 0.25) is 5.02 Å². The number of amides is 4. The number of hydrogen-bond acceptors (Lipinski definition) is 11. The molecule has 0 spiro atoms. The van der Waals surface area contributed by atoms with Crippen molar-refractivity contribution in [3.8, 4) is 29.9 Å². The van der Waals surface area contributed by atoms with Gasteiger partial charge in [-0.1, -0.05) is 17.5 Å². The highest BCUT2D eigenvalue weighted by Crippen LogP contribution is 2.40. The third-order valence-corrected chi connectivity index (χ3v) is 8.64. The van der Waals surface area contributed by atoms with Crippen molar-refractivity contribution in [2.75, 3.05) is 24.4 Å². The zero-order valence-electron chi connectivity index (χ0n) is 26.8. The largest absolute Gasteiger partial charge is 0.481 e. The van der Waals surface area contributed by atoms with E-state index in [4.69, 9.17) is 32.2 Å². The van der Waals surface area contributed by atoms with Crippen LogP contribution in [0.3, 0.4) is 0 Å². The van der Waals surface area contributed by atoms with Crippen molar-refractivity contribution in [1.29, 1.82) is 0 Å². The maximum absolute atomic E-state index is 14.4. The molecule has 0 saturated carbocycles. The molecule has 0 radical (unpaired) electrons. The number of aromatic nitrogens is 3. The summed E-state index contributed by atoms with van der Waals surface area (Å²) >= 11 is 5.97. The lowest BCUT2D eigenvalue weighted by Gasteiger charge is -2.19. The first-order valence-electron chi connectivity index (χ1n) is 14.6. The lowest BCUT2D eigenvalue weighted by Crippen LogP contribution is -2.36. The number of terminal acetylenes is 1. The molecule has 1 unspecified atom stereocenters. The van der Waals surface area contributed by atoms with Crippen LogP contribution in [0.15, 0.2) is 52.7 Å². The predicted molar refractivity (Wildman–Crippen MR) is 172 cm³/mol. The molecule has 5 rings (SSSR count). The molecule has 1 atom stereocenters. The van der Waals surface area contributed by atoms with Crippen LogP contribution < -0.4 is 29.1 Å². The Labute approximate surface area is 293 Å². The highest BCUT2D eigenvalue weighted by molar-refractivity contribution is 7.90. The van der Waals surface area contributed by atoms with Crippen molar-refractivity contribution in [3.05, 3.63) is 64.1 Å². The van der Waals surface area contributed by atoms with Crippen molar-refractivity contribution in [2.24, 2.45) is 0 Å². The molecule has 0 fully saturated rings. The first-order chi connectivity index (χ1) is 24.0. The summed E-state index contributed by atoms with van der Waals surface area (Å²) < 4.78 is 94.0. The number of methoxy groups -OCH3 is 2. The van der Waals surface area contributed by atoms with Gasteiger partial charge in [-0.15, -0.1) is 6.42 Å². The summed E-state index contributed by atoms with van der Waals surface area (Å²) in [6.07, 6.45) is 3.33. The number of nitrogens with zero attached hydrogens (tertiary/aromatic N) is 4. The molecule has 20 heteroatoms. The maximum Gasteiger partial charge on any atom is 0.419 e. The maximum atomic E-state index is 14.4. The first-order valence-corrected chi connectivity index (χ1v) is 16.4. The summed E-state index contributed by atoms with van der Waals surface area (Å²) in [6, 6.07) is 3.58. The van der Waals surface area contributed by atoms with Crippen molar-refractivity contribution >= 4 is 51.1 Å². The van der Waals surface area contributed by atoms with Crippen molar-refractivity contribution < 1.29 is 54.6 Å². The molecule has 270 valence electrons. The number of alkyl halides is 3. The number of rotatable bonds is 8. The number of benzene rings is 1. The third kappa shape index (κ3) is 8.82. The van der Waals surface area contributed by atoms with Gasteiger partial charge in [-0.2, -0.15) is 31.6 Å². The lowest BCUT2D eigenvalue weighted by molar-refractivity contribution is -0.140.